The zero-order chi connectivity index (χ0) is 18.5. The van der Waals surface area contributed by atoms with Gasteiger partial charge >= 0.3 is 0 Å². The number of carbonyl (C=O) groups is 2. The van der Waals surface area contributed by atoms with E-state index in [9.17, 15) is 9.59 Å². The Morgan fingerprint density at radius 3 is 2.31 bits per heavy atom. The van der Waals surface area contributed by atoms with Crippen molar-refractivity contribution in [3.63, 3.8) is 0 Å². The highest BCUT2D eigenvalue weighted by molar-refractivity contribution is 5.96. The van der Waals surface area contributed by atoms with Gasteiger partial charge in [-0.2, -0.15) is 0 Å². The molecule has 2 aromatic carbocycles. The van der Waals surface area contributed by atoms with Gasteiger partial charge in [-0.3, -0.25) is 9.59 Å². The van der Waals surface area contributed by atoms with Crippen molar-refractivity contribution in [2.45, 2.75) is 19.8 Å². The minimum absolute atomic E-state index is 0.0641. The third-order valence-electron chi connectivity index (χ3n) is 4.72. The quantitative estimate of drug-likeness (QED) is 0.804. The highest BCUT2D eigenvalue weighted by atomic mass is 16.5. The van der Waals surface area contributed by atoms with Gasteiger partial charge in [0.05, 0.1) is 7.11 Å². The first kappa shape index (κ1) is 18.0. The highest BCUT2D eigenvalue weighted by Crippen LogP contribution is 2.38. The van der Waals surface area contributed by atoms with Gasteiger partial charge in [0.1, 0.15) is 5.75 Å². The highest BCUT2D eigenvalue weighted by Gasteiger charge is 2.39. The molecule has 5 nitrogen and oxygen atoms in total. The summed E-state index contributed by atoms with van der Waals surface area (Å²) < 4.78 is 5.13. The lowest BCUT2D eigenvalue weighted by Gasteiger charge is -2.08. The maximum Gasteiger partial charge on any atom is 0.251 e. The maximum absolute atomic E-state index is 12.2. The zero-order valence-corrected chi connectivity index (χ0v) is 15.1. The van der Waals surface area contributed by atoms with Crippen LogP contribution in [0.25, 0.3) is 0 Å². The van der Waals surface area contributed by atoms with E-state index in [1.807, 2.05) is 24.3 Å². The number of methoxy groups -OCH3 is 1. The summed E-state index contributed by atoms with van der Waals surface area (Å²) in [5.74, 6) is 1.38. The van der Waals surface area contributed by atoms with Crippen molar-refractivity contribution in [2.75, 3.05) is 19.0 Å². The second-order valence-electron chi connectivity index (χ2n) is 6.74. The third-order valence-corrected chi connectivity index (χ3v) is 4.72. The van der Waals surface area contributed by atoms with E-state index >= 15 is 0 Å². The molecule has 2 N–H and O–H groups in total. The van der Waals surface area contributed by atoms with Crippen LogP contribution in [0.2, 0.25) is 0 Å². The van der Waals surface area contributed by atoms with Crippen LogP contribution in [0, 0.1) is 11.8 Å². The van der Waals surface area contributed by atoms with Crippen molar-refractivity contribution < 1.29 is 14.3 Å². The molecule has 0 spiro atoms. The average molecular weight is 352 g/mol. The molecule has 2 aromatic rings. The summed E-state index contributed by atoms with van der Waals surface area (Å²) in [6.45, 7) is 2.63. The summed E-state index contributed by atoms with van der Waals surface area (Å²) in [6.07, 6.45) is 1.71. The lowest BCUT2D eigenvalue weighted by atomic mass is 10.1. The molecule has 0 heterocycles. The smallest absolute Gasteiger partial charge is 0.251 e. The summed E-state index contributed by atoms with van der Waals surface area (Å²) in [7, 11) is 1.64. The van der Waals surface area contributed by atoms with Crippen LogP contribution < -0.4 is 15.4 Å². The van der Waals surface area contributed by atoms with Gasteiger partial charge in [-0.1, -0.05) is 19.1 Å². The van der Waals surface area contributed by atoms with Gasteiger partial charge in [0, 0.05) is 23.7 Å². The molecule has 2 amide bonds. The fourth-order valence-electron chi connectivity index (χ4n) is 2.84. The molecule has 0 saturated heterocycles. The van der Waals surface area contributed by atoms with Crippen molar-refractivity contribution in [1.82, 2.24) is 5.32 Å². The lowest BCUT2D eigenvalue weighted by molar-refractivity contribution is -0.117. The summed E-state index contributed by atoms with van der Waals surface area (Å²) in [5.41, 5.74) is 2.44. The van der Waals surface area contributed by atoms with Gasteiger partial charge in [0.15, 0.2) is 0 Å². The predicted octanol–water partition coefficient (Wildman–Crippen LogP) is 3.26. The van der Waals surface area contributed by atoms with Gasteiger partial charge in [0.2, 0.25) is 5.91 Å². The van der Waals surface area contributed by atoms with Crippen LogP contribution in [0.4, 0.5) is 5.69 Å². The van der Waals surface area contributed by atoms with E-state index in [0.717, 1.165) is 29.8 Å². The Bertz CT molecular complexity index is 769. The number of nitrogens with one attached hydrogen (secondary N) is 2. The molecule has 0 aliphatic heterocycles. The Morgan fingerprint density at radius 2 is 1.73 bits per heavy atom. The van der Waals surface area contributed by atoms with E-state index in [2.05, 4.69) is 17.6 Å². The van der Waals surface area contributed by atoms with Gasteiger partial charge < -0.3 is 15.4 Å². The largest absolute Gasteiger partial charge is 0.497 e. The number of anilines is 1. The molecule has 2 atom stereocenters. The topological polar surface area (TPSA) is 67.4 Å². The van der Waals surface area contributed by atoms with Crippen molar-refractivity contribution in [1.29, 1.82) is 0 Å². The predicted molar refractivity (Wildman–Crippen MR) is 101 cm³/mol. The molecule has 26 heavy (non-hydrogen) atoms. The Morgan fingerprint density at radius 1 is 1.08 bits per heavy atom. The zero-order valence-electron chi connectivity index (χ0n) is 15.1. The van der Waals surface area contributed by atoms with Gasteiger partial charge in [-0.15, -0.1) is 0 Å². The molecule has 0 unspecified atom stereocenters. The molecular formula is C21H24N2O3. The summed E-state index contributed by atoms with van der Waals surface area (Å²) in [5, 5.41) is 5.81. The first-order valence-corrected chi connectivity index (χ1v) is 8.89. The van der Waals surface area contributed by atoms with Crippen molar-refractivity contribution in [2.24, 2.45) is 11.8 Å². The maximum atomic E-state index is 12.2. The van der Waals surface area contributed by atoms with Crippen molar-refractivity contribution in [3.8, 4) is 5.75 Å². The van der Waals surface area contributed by atoms with Crippen LogP contribution in [0.1, 0.15) is 29.3 Å². The molecule has 1 aliphatic carbocycles. The molecule has 1 saturated carbocycles. The molecule has 1 aliphatic rings. The average Bonchev–Trinajstić information content (AvgIpc) is 3.40. The van der Waals surface area contributed by atoms with Crippen molar-refractivity contribution in [3.05, 3.63) is 59.7 Å². The van der Waals surface area contributed by atoms with Crippen molar-refractivity contribution >= 4 is 17.5 Å². The first-order valence-electron chi connectivity index (χ1n) is 8.89. The van der Waals surface area contributed by atoms with E-state index in [4.69, 9.17) is 4.74 Å². The fraction of sp³-hybridized carbons (Fsp3) is 0.333. The summed E-state index contributed by atoms with van der Waals surface area (Å²) in [6, 6.07) is 14.8. The van der Waals surface area contributed by atoms with Gasteiger partial charge in [-0.05, 0) is 60.7 Å². The second kappa shape index (κ2) is 8.04. The Balaban J connectivity index is 1.45. The molecule has 3 rings (SSSR count). The first-order chi connectivity index (χ1) is 12.6. The van der Waals surface area contributed by atoms with E-state index in [1.54, 1.807) is 31.4 Å². The number of benzene rings is 2. The van der Waals surface area contributed by atoms with E-state index in [1.165, 1.54) is 0 Å². The van der Waals surface area contributed by atoms with Crippen LogP contribution in [0.3, 0.4) is 0 Å². The normalized spacial score (nSPS) is 18.1. The van der Waals surface area contributed by atoms with E-state index in [0.29, 0.717) is 18.0 Å². The Kier molecular flexibility index (Phi) is 5.56. The van der Waals surface area contributed by atoms with Crippen LogP contribution in [0.5, 0.6) is 5.75 Å². The number of carbonyl (C=O) groups excluding carboxylic acids is 2. The standard InChI is InChI=1S/C21H24N2O3/c1-14-13-19(14)21(25)23-17-7-5-16(6-8-17)20(24)22-12-11-15-3-9-18(26-2)10-4-15/h3-10,14,19H,11-13H2,1-2H3,(H,22,24)(H,23,25)/t14-,19-/m1/s1. The Hall–Kier alpha value is -2.82. The lowest BCUT2D eigenvalue weighted by Crippen LogP contribution is -2.25. The van der Waals surface area contributed by atoms with E-state index < -0.39 is 0 Å². The second-order valence-corrected chi connectivity index (χ2v) is 6.74. The summed E-state index contributed by atoms with van der Waals surface area (Å²) >= 11 is 0. The van der Waals surface area contributed by atoms with Crippen LogP contribution in [0.15, 0.2) is 48.5 Å². The van der Waals surface area contributed by atoms with E-state index in [-0.39, 0.29) is 17.7 Å². The molecule has 0 bridgehead atoms. The van der Waals surface area contributed by atoms with Crippen LogP contribution in [-0.4, -0.2) is 25.5 Å². The SMILES string of the molecule is COc1ccc(CCNC(=O)c2ccc(NC(=O)[C@@H]3C[C@H]3C)cc2)cc1. The fourth-order valence-corrected chi connectivity index (χ4v) is 2.84. The third kappa shape index (κ3) is 4.63. The van der Waals surface area contributed by atoms with Gasteiger partial charge in [-0.25, -0.2) is 0 Å². The number of hydrogen-bond donors (Lipinski definition) is 2. The van der Waals surface area contributed by atoms with Crippen LogP contribution >= 0.6 is 0 Å². The number of ether oxygens (including phenoxy) is 1. The molecule has 0 aromatic heterocycles. The molecular weight excluding hydrogens is 328 g/mol. The Labute approximate surface area is 153 Å². The van der Waals surface area contributed by atoms with Crippen LogP contribution in [-0.2, 0) is 11.2 Å². The molecule has 0 radical (unpaired) electrons. The monoisotopic (exact) mass is 352 g/mol. The van der Waals surface area contributed by atoms with Gasteiger partial charge in [0.25, 0.3) is 5.91 Å². The minimum atomic E-state index is -0.118. The molecule has 5 heteroatoms. The molecule has 136 valence electrons. The number of rotatable bonds is 7. The molecule has 1 fully saturated rings. The number of amides is 2. The number of hydrogen-bond acceptors (Lipinski definition) is 3. The minimum Gasteiger partial charge on any atom is -0.497 e. The summed E-state index contributed by atoms with van der Waals surface area (Å²) in [4.78, 5) is 24.1.